The summed E-state index contributed by atoms with van der Waals surface area (Å²) < 4.78 is 57.2. The maximum atomic E-state index is 13.9. The van der Waals surface area contributed by atoms with Gasteiger partial charge >= 0.3 is 6.18 Å². The van der Waals surface area contributed by atoms with E-state index in [2.05, 4.69) is 15.2 Å². The molecule has 5 nitrogen and oxygen atoms in total. The van der Waals surface area contributed by atoms with Gasteiger partial charge in [-0.05, 0) is 38.1 Å². The average Bonchev–Trinajstić information content (AvgIpc) is 2.95. The molecule has 3 rings (SSSR count). The molecule has 0 spiro atoms. The molecule has 0 aliphatic carbocycles. The van der Waals surface area contributed by atoms with Crippen LogP contribution in [0.15, 0.2) is 48.5 Å². The van der Waals surface area contributed by atoms with Gasteiger partial charge in [-0.15, -0.1) is 0 Å². The Morgan fingerprint density at radius 3 is 2.57 bits per heavy atom. The van der Waals surface area contributed by atoms with Crippen LogP contribution in [0.3, 0.4) is 0 Å². The van der Waals surface area contributed by atoms with Gasteiger partial charge in [0.25, 0.3) is 5.91 Å². The highest BCUT2D eigenvalue weighted by atomic mass is 19.4. The third-order valence-corrected chi connectivity index (χ3v) is 4.40. The van der Waals surface area contributed by atoms with Crippen molar-refractivity contribution in [2.75, 3.05) is 11.9 Å². The quantitative estimate of drug-likeness (QED) is 0.577. The summed E-state index contributed by atoms with van der Waals surface area (Å²) in [5, 5.41) is 7.07. The lowest BCUT2D eigenvalue weighted by Crippen LogP contribution is -2.19. The molecule has 0 saturated carbocycles. The summed E-state index contributed by atoms with van der Waals surface area (Å²) in [5.74, 6) is -0.945. The second-order valence-corrected chi connectivity index (χ2v) is 6.68. The minimum absolute atomic E-state index is 0.0660. The van der Waals surface area contributed by atoms with Crippen LogP contribution in [0.5, 0.6) is 5.75 Å². The number of benzene rings is 2. The second-order valence-electron chi connectivity index (χ2n) is 6.68. The van der Waals surface area contributed by atoms with Crippen LogP contribution in [0.1, 0.15) is 27.3 Å². The van der Waals surface area contributed by atoms with Crippen LogP contribution < -0.4 is 10.1 Å². The predicted octanol–water partition coefficient (Wildman–Crippen LogP) is 4.88. The average molecular weight is 421 g/mol. The molecule has 9 heteroatoms. The molecule has 0 aliphatic rings. The molecule has 0 aliphatic heterocycles. The summed E-state index contributed by atoms with van der Waals surface area (Å²) in [5.41, 5.74) is 2.19. The SMILES string of the molecule is Cc1nn(Cc2ccccc2F)c(C)c1NC(=O)c1cccc(OCC(F)(F)F)c1. The molecule has 0 bridgehead atoms. The lowest BCUT2D eigenvalue weighted by Gasteiger charge is -2.11. The Labute approximate surface area is 170 Å². The molecular weight excluding hydrogens is 402 g/mol. The molecule has 30 heavy (non-hydrogen) atoms. The number of rotatable bonds is 6. The van der Waals surface area contributed by atoms with Crippen LogP contribution in [-0.4, -0.2) is 28.5 Å². The third-order valence-electron chi connectivity index (χ3n) is 4.40. The Kier molecular flexibility index (Phi) is 6.09. The zero-order valence-corrected chi connectivity index (χ0v) is 16.3. The number of nitrogens with zero attached hydrogens (tertiary/aromatic N) is 2. The number of carbonyl (C=O) groups excluding carboxylic acids is 1. The molecule has 0 radical (unpaired) electrons. The molecular formula is C21H19F4N3O2. The van der Waals surface area contributed by atoms with E-state index in [1.807, 2.05) is 0 Å². The van der Waals surface area contributed by atoms with Gasteiger partial charge in [-0.2, -0.15) is 18.3 Å². The van der Waals surface area contributed by atoms with Crippen molar-refractivity contribution in [3.05, 3.63) is 76.9 Å². The van der Waals surface area contributed by atoms with Gasteiger partial charge in [0.1, 0.15) is 11.6 Å². The highest BCUT2D eigenvalue weighted by Crippen LogP contribution is 2.23. The van der Waals surface area contributed by atoms with Crippen molar-refractivity contribution in [3.63, 3.8) is 0 Å². The van der Waals surface area contributed by atoms with Crippen LogP contribution in [0.2, 0.25) is 0 Å². The third kappa shape index (κ3) is 5.16. The standard InChI is InChI=1S/C21H19F4N3O2/c1-13-19(14(2)28(27-13)11-16-6-3-4-9-18(16)22)26-20(29)15-7-5-8-17(10-15)30-12-21(23,24)25/h3-10H,11-12H2,1-2H3,(H,26,29). The molecule has 1 heterocycles. The van der Waals surface area contributed by atoms with Crippen molar-refractivity contribution < 1.29 is 27.1 Å². The first-order valence-electron chi connectivity index (χ1n) is 9.02. The van der Waals surface area contributed by atoms with Gasteiger partial charge in [0.05, 0.1) is 23.6 Å². The molecule has 0 atom stereocenters. The Balaban J connectivity index is 1.76. The number of aryl methyl sites for hydroxylation is 1. The number of halogens is 4. The molecule has 2 aromatic carbocycles. The molecule has 3 aromatic rings. The lowest BCUT2D eigenvalue weighted by atomic mass is 10.2. The van der Waals surface area contributed by atoms with E-state index in [4.69, 9.17) is 0 Å². The second kappa shape index (κ2) is 8.56. The van der Waals surface area contributed by atoms with Crippen molar-refractivity contribution in [2.24, 2.45) is 0 Å². The monoisotopic (exact) mass is 421 g/mol. The van der Waals surface area contributed by atoms with Gasteiger partial charge in [-0.25, -0.2) is 4.39 Å². The molecule has 1 aromatic heterocycles. The zero-order chi connectivity index (χ0) is 21.9. The molecule has 1 N–H and O–H groups in total. The number of carbonyl (C=O) groups is 1. The van der Waals surface area contributed by atoms with E-state index in [1.165, 1.54) is 30.3 Å². The van der Waals surface area contributed by atoms with E-state index in [1.54, 1.807) is 36.7 Å². The number of amides is 1. The van der Waals surface area contributed by atoms with Gasteiger partial charge in [0.15, 0.2) is 6.61 Å². The van der Waals surface area contributed by atoms with E-state index < -0.39 is 18.7 Å². The lowest BCUT2D eigenvalue weighted by molar-refractivity contribution is -0.153. The first-order chi connectivity index (χ1) is 14.1. The van der Waals surface area contributed by atoms with E-state index in [0.717, 1.165) is 0 Å². The Morgan fingerprint density at radius 2 is 1.87 bits per heavy atom. The van der Waals surface area contributed by atoms with Crippen molar-refractivity contribution in [1.82, 2.24) is 9.78 Å². The van der Waals surface area contributed by atoms with Gasteiger partial charge < -0.3 is 10.1 Å². The number of aromatic nitrogens is 2. The van der Waals surface area contributed by atoms with Crippen LogP contribution in [-0.2, 0) is 6.54 Å². The van der Waals surface area contributed by atoms with Crippen LogP contribution in [0, 0.1) is 19.7 Å². The summed E-state index contributed by atoms with van der Waals surface area (Å²) in [6.07, 6.45) is -4.47. The number of hydrogen-bond acceptors (Lipinski definition) is 3. The number of hydrogen-bond donors (Lipinski definition) is 1. The highest BCUT2D eigenvalue weighted by molar-refractivity contribution is 6.05. The molecule has 0 unspecified atom stereocenters. The van der Waals surface area contributed by atoms with Crippen LogP contribution in [0.4, 0.5) is 23.2 Å². The summed E-state index contributed by atoms with van der Waals surface area (Å²) in [6.45, 7) is 2.18. The Morgan fingerprint density at radius 1 is 1.13 bits per heavy atom. The van der Waals surface area contributed by atoms with Crippen molar-refractivity contribution in [3.8, 4) is 5.75 Å². The van der Waals surface area contributed by atoms with Gasteiger partial charge in [0.2, 0.25) is 0 Å². The highest BCUT2D eigenvalue weighted by Gasteiger charge is 2.28. The van der Waals surface area contributed by atoms with Crippen LogP contribution >= 0.6 is 0 Å². The summed E-state index contributed by atoms with van der Waals surface area (Å²) in [6, 6.07) is 11.8. The first-order valence-corrected chi connectivity index (χ1v) is 9.02. The smallest absolute Gasteiger partial charge is 0.422 e. The number of ether oxygens (including phenoxy) is 1. The normalized spacial score (nSPS) is 11.4. The summed E-state index contributed by atoms with van der Waals surface area (Å²) >= 11 is 0. The fraction of sp³-hybridized carbons (Fsp3) is 0.238. The fourth-order valence-electron chi connectivity index (χ4n) is 2.90. The fourth-order valence-corrected chi connectivity index (χ4v) is 2.90. The molecule has 0 fully saturated rings. The van der Waals surface area contributed by atoms with Gasteiger partial charge in [-0.1, -0.05) is 24.3 Å². The minimum atomic E-state index is -4.47. The van der Waals surface area contributed by atoms with E-state index in [-0.39, 0.29) is 23.7 Å². The number of alkyl halides is 3. The van der Waals surface area contributed by atoms with E-state index in [9.17, 15) is 22.4 Å². The summed E-state index contributed by atoms with van der Waals surface area (Å²) in [7, 11) is 0. The van der Waals surface area contributed by atoms with Crippen molar-refractivity contribution in [2.45, 2.75) is 26.6 Å². The molecule has 0 saturated heterocycles. The van der Waals surface area contributed by atoms with Gasteiger partial charge in [0, 0.05) is 11.1 Å². The topological polar surface area (TPSA) is 56.2 Å². The van der Waals surface area contributed by atoms with Crippen molar-refractivity contribution in [1.29, 1.82) is 0 Å². The van der Waals surface area contributed by atoms with E-state index >= 15 is 0 Å². The number of nitrogens with one attached hydrogen (secondary N) is 1. The number of anilines is 1. The maximum absolute atomic E-state index is 13.9. The Bertz CT molecular complexity index is 1060. The van der Waals surface area contributed by atoms with Crippen LogP contribution in [0.25, 0.3) is 0 Å². The van der Waals surface area contributed by atoms with Crippen molar-refractivity contribution >= 4 is 11.6 Å². The maximum Gasteiger partial charge on any atom is 0.422 e. The predicted molar refractivity (Wildman–Crippen MR) is 103 cm³/mol. The summed E-state index contributed by atoms with van der Waals surface area (Å²) in [4.78, 5) is 12.6. The largest absolute Gasteiger partial charge is 0.484 e. The van der Waals surface area contributed by atoms with Gasteiger partial charge in [-0.3, -0.25) is 9.48 Å². The Hall–Kier alpha value is -3.36. The minimum Gasteiger partial charge on any atom is -0.484 e. The van der Waals surface area contributed by atoms with E-state index in [0.29, 0.717) is 22.6 Å². The molecule has 1 amide bonds. The zero-order valence-electron chi connectivity index (χ0n) is 16.3. The first kappa shape index (κ1) is 21.4. The molecule has 158 valence electrons.